The van der Waals surface area contributed by atoms with Crippen molar-refractivity contribution in [1.29, 1.82) is 0 Å². The van der Waals surface area contributed by atoms with Crippen LogP contribution in [-0.4, -0.2) is 4.98 Å². The molecule has 0 saturated heterocycles. The second-order valence-corrected chi connectivity index (χ2v) is 5.89. The second-order valence-electron chi connectivity index (χ2n) is 5.89. The van der Waals surface area contributed by atoms with E-state index in [0.717, 1.165) is 22.2 Å². The van der Waals surface area contributed by atoms with Gasteiger partial charge < -0.3 is 4.42 Å². The third-order valence-corrected chi connectivity index (χ3v) is 4.12. The predicted molar refractivity (Wildman–Crippen MR) is 94.4 cm³/mol. The molecule has 0 radical (unpaired) electrons. The predicted octanol–water partition coefficient (Wildman–Crippen LogP) is 5.78. The molecule has 0 atom stereocenters. The summed E-state index contributed by atoms with van der Waals surface area (Å²) in [6.07, 6.45) is 0. The molecule has 0 saturated carbocycles. The summed E-state index contributed by atoms with van der Waals surface area (Å²) in [5, 5.41) is 0. The number of nitrogens with zero attached hydrogens (tertiary/aromatic N) is 1. The van der Waals surface area contributed by atoms with Crippen LogP contribution in [0.2, 0.25) is 0 Å². The molecule has 0 aliphatic rings. The van der Waals surface area contributed by atoms with Gasteiger partial charge in [-0.2, -0.15) is 0 Å². The third-order valence-electron chi connectivity index (χ3n) is 4.12. The number of fused-ring (bicyclic) bond motifs is 1. The van der Waals surface area contributed by atoms with Gasteiger partial charge in [0.15, 0.2) is 5.58 Å². The lowest BCUT2D eigenvalue weighted by Gasteiger charge is -2.02. The molecule has 0 aliphatic heterocycles. The van der Waals surface area contributed by atoms with E-state index in [0.29, 0.717) is 5.89 Å². The molecule has 1 aromatic heterocycles. The molecule has 0 spiro atoms. The fraction of sp³-hybridized carbons (Fsp3) is 0.0952. The first-order valence-corrected chi connectivity index (χ1v) is 7.74. The lowest BCUT2D eigenvalue weighted by Crippen LogP contribution is -1.84. The van der Waals surface area contributed by atoms with Crippen LogP contribution in [-0.2, 0) is 0 Å². The minimum absolute atomic E-state index is 0.686. The SMILES string of the molecule is Cc1ccc(C)c(-c2nc3cc(-c4ccccc4)ccc3o2)c1. The first-order chi connectivity index (χ1) is 11.2. The number of aromatic nitrogens is 1. The van der Waals surface area contributed by atoms with Gasteiger partial charge in [-0.1, -0.05) is 54.1 Å². The van der Waals surface area contributed by atoms with Gasteiger partial charge >= 0.3 is 0 Å². The van der Waals surface area contributed by atoms with Crippen LogP contribution in [0.25, 0.3) is 33.7 Å². The second kappa shape index (κ2) is 5.40. The topological polar surface area (TPSA) is 26.0 Å². The number of hydrogen-bond donors (Lipinski definition) is 0. The minimum atomic E-state index is 0.686. The van der Waals surface area contributed by atoms with Crippen LogP contribution in [0.15, 0.2) is 71.1 Å². The van der Waals surface area contributed by atoms with E-state index in [-0.39, 0.29) is 0 Å². The molecule has 4 rings (SSSR count). The average molecular weight is 299 g/mol. The highest BCUT2D eigenvalue weighted by Crippen LogP contribution is 2.30. The smallest absolute Gasteiger partial charge is 0.227 e. The Morgan fingerprint density at radius 3 is 2.43 bits per heavy atom. The Morgan fingerprint density at radius 2 is 1.61 bits per heavy atom. The third kappa shape index (κ3) is 2.53. The molecule has 0 amide bonds. The number of hydrogen-bond acceptors (Lipinski definition) is 2. The maximum atomic E-state index is 5.97. The summed E-state index contributed by atoms with van der Waals surface area (Å²) < 4.78 is 5.97. The van der Waals surface area contributed by atoms with E-state index in [4.69, 9.17) is 9.40 Å². The first kappa shape index (κ1) is 13.8. The van der Waals surface area contributed by atoms with E-state index < -0.39 is 0 Å². The molecule has 0 unspecified atom stereocenters. The van der Waals surface area contributed by atoms with Crippen molar-refractivity contribution in [1.82, 2.24) is 4.98 Å². The molecule has 0 bridgehead atoms. The molecule has 4 aromatic rings. The molecule has 2 heteroatoms. The van der Waals surface area contributed by atoms with Crippen LogP contribution >= 0.6 is 0 Å². The van der Waals surface area contributed by atoms with Crippen LogP contribution in [0.4, 0.5) is 0 Å². The van der Waals surface area contributed by atoms with E-state index in [2.05, 4.69) is 56.3 Å². The molecular weight excluding hydrogens is 282 g/mol. The first-order valence-electron chi connectivity index (χ1n) is 7.74. The zero-order valence-corrected chi connectivity index (χ0v) is 13.2. The maximum Gasteiger partial charge on any atom is 0.227 e. The summed E-state index contributed by atoms with van der Waals surface area (Å²) in [6.45, 7) is 4.16. The van der Waals surface area contributed by atoms with E-state index in [9.17, 15) is 0 Å². The normalized spacial score (nSPS) is 11.0. The van der Waals surface area contributed by atoms with Crippen molar-refractivity contribution in [2.24, 2.45) is 0 Å². The Labute approximate surface area is 135 Å². The van der Waals surface area contributed by atoms with Gasteiger partial charge in [-0.15, -0.1) is 0 Å². The zero-order valence-electron chi connectivity index (χ0n) is 13.2. The fourth-order valence-corrected chi connectivity index (χ4v) is 2.82. The fourth-order valence-electron chi connectivity index (χ4n) is 2.82. The standard InChI is InChI=1S/C21H17NO/c1-14-8-9-15(2)18(12-14)21-22-19-13-17(10-11-20(19)23-21)16-6-4-3-5-7-16/h3-13H,1-2H3. The van der Waals surface area contributed by atoms with Gasteiger partial charge in [0, 0.05) is 5.56 Å². The van der Waals surface area contributed by atoms with Crippen LogP contribution in [0.3, 0.4) is 0 Å². The number of aryl methyl sites for hydroxylation is 2. The van der Waals surface area contributed by atoms with Gasteiger partial charge in [0.05, 0.1) is 0 Å². The maximum absolute atomic E-state index is 5.97. The molecule has 1 heterocycles. The summed E-state index contributed by atoms with van der Waals surface area (Å²) in [5.41, 5.74) is 7.48. The number of benzene rings is 3. The Bertz CT molecular complexity index is 983. The van der Waals surface area contributed by atoms with E-state index >= 15 is 0 Å². The molecule has 112 valence electrons. The van der Waals surface area contributed by atoms with Gasteiger partial charge in [-0.25, -0.2) is 4.98 Å². The highest BCUT2D eigenvalue weighted by molar-refractivity contribution is 5.82. The molecular formula is C21H17NO. The van der Waals surface area contributed by atoms with E-state index in [1.165, 1.54) is 16.7 Å². The summed E-state index contributed by atoms with van der Waals surface area (Å²) in [6, 6.07) is 22.8. The molecule has 3 aromatic carbocycles. The highest BCUT2D eigenvalue weighted by atomic mass is 16.3. The lowest BCUT2D eigenvalue weighted by atomic mass is 10.1. The Balaban J connectivity index is 1.84. The Hall–Kier alpha value is -2.87. The van der Waals surface area contributed by atoms with Crippen LogP contribution in [0.1, 0.15) is 11.1 Å². The van der Waals surface area contributed by atoms with Crippen molar-refractivity contribution < 1.29 is 4.42 Å². The minimum Gasteiger partial charge on any atom is -0.436 e. The zero-order chi connectivity index (χ0) is 15.8. The van der Waals surface area contributed by atoms with Gasteiger partial charge in [-0.3, -0.25) is 0 Å². The molecule has 0 fully saturated rings. The molecule has 0 aliphatic carbocycles. The van der Waals surface area contributed by atoms with E-state index in [1.807, 2.05) is 24.3 Å². The number of oxazole rings is 1. The Kier molecular flexibility index (Phi) is 3.23. The number of rotatable bonds is 2. The summed E-state index contributed by atoms with van der Waals surface area (Å²) in [5.74, 6) is 0.686. The molecule has 0 N–H and O–H groups in total. The molecule has 2 nitrogen and oxygen atoms in total. The van der Waals surface area contributed by atoms with Crippen LogP contribution in [0.5, 0.6) is 0 Å². The average Bonchev–Trinajstić information content (AvgIpc) is 3.00. The van der Waals surface area contributed by atoms with Crippen LogP contribution in [0, 0.1) is 13.8 Å². The summed E-state index contributed by atoms with van der Waals surface area (Å²) in [7, 11) is 0. The van der Waals surface area contributed by atoms with Crippen molar-refractivity contribution in [3.8, 4) is 22.6 Å². The van der Waals surface area contributed by atoms with Gasteiger partial charge in [0.25, 0.3) is 0 Å². The van der Waals surface area contributed by atoms with Gasteiger partial charge in [0.2, 0.25) is 5.89 Å². The molecule has 23 heavy (non-hydrogen) atoms. The summed E-state index contributed by atoms with van der Waals surface area (Å²) in [4.78, 5) is 4.70. The van der Waals surface area contributed by atoms with Crippen molar-refractivity contribution >= 4 is 11.1 Å². The monoisotopic (exact) mass is 299 g/mol. The highest BCUT2D eigenvalue weighted by Gasteiger charge is 2.11. The van der Waals surface area contributed by atoms with Gasteiger partial charge in [-0.05, 0) is 48.7 Å². The van der Waals surface area contributed by atoms with E-state index in [1.54, 1.807) is 0 Å². The van der Waals surface area contributed by atoms with Crippen LogP contribution < -0.4 is 0 Å². The lowest BCUT2D eigenvalue weighted by molar-refractivity contribution is 0.619. The van der Waals surface area contributed by atoms with Crippen molar-refractivity contribution in [2.45, 2.75) is 13.8 Å². The van der Waals surface area contributed by atoms with Crippen molar-refractivity contribution in [2.75, 3.05) is 0 Å². The Morgan fingerprint density at radius 1 is 0.783 bits per heavy atom. The largest absolute Gasteiger partial charge is 0.436 e. The van der Waals surface area contributed by atoms with Crippen molar-refractivity contribution in [3.63, 3.8) is 0 Å². The summed E-state index contributed by atoms with van der Waals surface area (Å²) >= 11 is 0. The van der Waals surface area contributed by atoms with Crippen molar-refractivity contribution in [3.05, 3.63) is 77.9 Å². The quantitative estimate of drug-likeness (QED) is 0.469. The van der Waals surface area contributed by atoms with Gasteiger partial charge in [0.1, 0.15) is 5.52 Å².